The lowest BCUT2D eigenvalue weighted by Crippen LogP contribution is -2.59. The number of carbonyl (C=O) groups excluding carboxylic acids is 1. The van der Waals surface area contributed by atoms with Gasteiger partial charge in [-0.25, -0.2) is 0 Å². The van der Waals surface area contributed by atoms with Crippen molar-refractivity contribution in [3.05, 3.63) is 82.6 Å². The van der Waals surface area contributed by atoms with Gasteiger partial charge in [-0.15, -0.1) is 0 Å². The Labute approximate surface area is 180 Å². The highest BCUT2D eigenvalue weighted by Crippen LogP contribution is 2.42. The number of ether oxygens (including phenoxy) is 1. The first-order valence-corrected chi connectivity index (χ1v) is 11.1. The average molecular weight is 421 g/mol. The zero-order valence-electron chi connectivity index (χ0n) is 16.7. The zero-order chi connectivity index (χ0) is 20.4. The maximum Gasteiger partial charge on any atom is 0.257 e. The molecule has 3 aromatic heterocycles. The molecule has 2 aliphatic heterocycles. The maximum atomic E-state index is 13.8. The lowest BCUT2D eigenvalue weighted by molar-refractivity contribution is -0.173. The molecule has 0 aliphatic carbocycles. The number of likely N-dealkylation sites (tertiary alicyclic amines) is 1. The maximum absolute atomic E-state index is 13.8. The Morgan fingerprint density at radius 1 is 1.10 bits per heavy atom. The highest BCUT2D eigenvalue weighted by Gasteiger charge is 2.56. The number of morpholine rings is 1. The van der Waals surface area contributed by atoms with E-state index in [2.05, 4.69) is 37.8 Å². The molecule has 30 heavy (non-hydrogen) atoms. The number of nitrogens with zero attached hydrogens (tertiary/aromatic N) is 4. The molecule has 5 heterocycles. The van der Waals surface area contributed by atoms with Crippen LogP contribution in [0.1, 0.15) is 22.6 Å². The lowest BCUT2D eigenvalue weighted by Gasteiger charge is -2.42. The summed E-state index contributed by atoms with van der Waals surface area (Å²) in [6.07, 6.45) is 7.19. The Morgan fingerprint density at radius 2 is 2.00 bits per heavy atom. The van der Waals surface area contributed by atoms with Crippen LogP contribution >= 0.6 is 11.3 Å². The standard InChI is InChI=1S/C23H24N4O2S/c28-22-23(29-10-9-27(22)14-18-3-7-24-8-4-18)17-26(13-19-5-11-30-16-19)15-21(23)20-2-1-6-25-12-20/h1-8,11-12,16,21H,9-10,13-15,17H2. The van der Waals surface area contributed by atoms with Gasteiger partial charge in [-0.05, 0) is 51.7 Å². The van der Waals surface area contributed by atoms with E-state index < -0.39 is 5.60 Å². The zero-order valence-corrected chi connectivity index (χ0v) is 17.5. The van der Waals surface area contributed by atoms with Crippen molar-refractivity contribution in [2.75, 3.05) is 26.2 Å². The average Bonchev–Trinajstić information content (AvgIpc) is 3.42. The third-order valence-corrected chi connectivity index (χ3v) is 6.76. The van der Waals surface area contributed by atoms with Gasteiger partial charge in [0.05, 0.1) is 6.61 Å². The van der Waals surface area contributed by atoms with E-state index in [1.165, 1.54) is 5.56 Å². The third kappa shape index (κ3) is 3.64. The van der Waals surface area contributed by atoms with Crippen LogP contribution in [0.4, 0.5) is 0 Å². The predicted octanol–water partition coefficient (Wildman–Crippen LogP) is 2.94. The molecule has 7 heteroatoms. The van der Waals surface area contributed by atoms with Gasteiger partial charge in [-0.2, -0.15) is 11.3 Å². The summed E-state index contributed by atoms with van der Waals surface area (Å²) >= 11 is 1.70. The topological polar surface area (TPSA) is 58.6 Å². The molecule has 0 radical (unpaired) electrons. The van der Waals surface area contributed by atoms with Crippen LogP contribution in [0.3, 0.4) is 0 Å². The SMILES string of the molecule is O=C1N(Cc2ccncc2)CCOC12CN(Cc1ccsc1)CC2c1cccnc1. The summed E-state index contributed by atoms with van der Waals surface area (Å²) in [5, 5.41) is 4.27. The van der Waals surface area contributed by atoms with E-state index in [0.717, 1.165) is 24.2 Å². The van der Waals surface area contributed by atoms with Crippen molar-refractivity contribution in [2.45, 2.75) is 24.6 Å². The van der Waals surface area contributed by atoms with Crippen LogP contribution in [0.5, 0.6) is 0 Å². The first-order valence-electron chi connectivity index (χ1n) is 10.2. The second-order valence-corrected chi connectivity index (χ2v) is 8.74. The minimum absolute atomic E-state index is 0.0439. The number of amides is 1. The minimum atomic E-state index is -0.871. The molecule has 1 spiro atoms. The van der Waals surface area contributed by atoms with Gasteiger partial charge in [-0.3, -0.25) is 19.7 Å². The predicted molar refractivity (Wildman–Crippen MR) is 115 cm³/mol. The first kappa shape index (κ1) is 19.4. The smallest absolute Gasteiger partial charge is 0.257 e. The first-order chi connectivity index (χ1) is 14.7. The molecule has 1 amide bonds. The van der Waals surface area contributed by atoms with Gasteiger partial charge in [0.25, 0.3) is 5.91 Å². The summed E-state index contributed by atoms with van der Waals surface area (Å²) < 4.78 is 6.35. The van der Waals surface area contributed by atoms with Crippen molar-refractivity contribution in [1.82, 2.24) is 19.8 Å². The largest absolute Gasteiger partial charge is 0.361 e. The van der Waals surface area contributed by atoms with Gasteiger partial charge in [0, 0.05) is 63.4 Å². The Bertz CT molecular complexity index is 983. The molecule has 2 atom stereocenters. The molecule has 0 bridgehead atoms. The quantitative estimate of drug-likeness (QED) is 0.635. The van der Waals surface area contributed by atoms with E-state index in [0.29, 0.717) is 26.2 Å². The molecule has 3 aromatic rings. The molecule has 2 aliphatic rings. The number of pyridine rings is 2. The van der Waals surface area contributed by atoms with Gasteiger partial charge in [0.1, 0.15) is 0 Å². The van der Waals surface area contributed by atoms with Gasteiger partial charge in [0.2, 0.25) is 0 Å². The van der Waals surface area contributed by atoms with E-state index in [1.54, 1.807) is 29.9 Å². The van der Waals surface area contributed by atoms with E-state index >= 15 is 0 Å². The van der Waals surface area contributed by atoms with Crippen LogP contribution in [-0.4, -0.2) is 57.5 Å². The van der Waals surface area contributed by atoms with Crippen molar-refractivity contribution in [1.29, 1.82) is 0 Å². The lowest BCUT2D eigenvalue weighted by atomic mass is 9.83. The van der Waals surface area contributed by atoms with Crippen molar-refractivity contribution in [2.24, 2.45) is 0 Å². The second-order valence-electron chi connectivity index (χ2n) is 7.96. The van der Waals surface area contributed by atoms with Gasteiger partial charge in [0.15, 0.2) is 5.60 Å². The summed E-state index contributed by atoms with van der Waals surface area (Å²) in [6, 6.07) is 10.1. The fourth-order valence-corrected chi connectivity index (χ4v) is 5.28. The highest BCUT2D eigenvalue weighted by molar-refractivity contribution is 7.07. The molecule has 2 unspecified atom stereocenters. The van der Waals surface area contributed by atoms with Crippen LogP contribution in [0.15, 0.2) is 65.9 Å². The van der Waals surface area contributed by atoms with Crippen molar-refractivity contribution < 1.29 is 9.53 Å². The molecule has 0 saturated carbocycles. The summed E-state index contributed by atoms with van der Waals surface area (Å²) in [7, 11) is 0. The molecule has 2 saturated heterocycles. The van der Waals surface area contributed by atoms with Crippen molar-refractivity contribution in [3.63, 3.8) is 0 Å². The number of hydrogen-bond donors (Lipinski definition) is 0. The van der Waals surface area contributed by atoms with E-state index in [9.17, 15) is 4.79 Å². The summed E-state index contributed by atoms with van der Waals surface area (Å²) in [5.41, 5.74) is 2.55. The molecule has 0 N–H and O–H groups in total. The highest BCUT2D eigenvalue weighted by atomic mass is 32.1. The number of rotatable bonds is 5. The van der Waals surface area contributed by atoms with Crippen LogP contribution in [0.2, 0.25) is 0 Å². The monoisotopic (exact) mass is 420 g/mol. The molecule has 154 valence electrons. The normalized spacial score (nSPS) is 24.6. The van der Waals surface area contributed by atoms with Gasteiger partial charge >= 0.3 is 0 Å². The summed E-state index contributed by atoms with van der Waals surface area (Å²) in [4.78, 5) is 26.5. The fraction of sp³-hybridized carbons (Fsp3) is 0.348. The van der Waals surface area contributed by atoms with Crippen molar-refractivity contribution in [3.8, 4) is 0 Å². The Hall–Kier alpha value is -2.61. The summed E-state index contributed by atoms with van der Waals surface area (Å²) in [6.45, 7) is 3.91. The molecule has 6 nitrogen and oxygen atoms in total. The Kier molecular flexibility index (Phi) is 5.33. The molecular weight excluding hydrogens is 396 g/mol. The number of hydrogen-bond acceptors (Lipinski definition) is 6. The number of thiophene rings is 1. The Balaban J connectivity index is 1.45. The molecular formula is C23H24N4O2S. The van der Waals surface area contributed by atoms with E-state index in [1.807, 2.05) is 29.3 Å². The van der Waals surface area contributed by atoms with E-state index in [-0.39, 0.29) is 11.8 Å². The van der Waals surface area contributed by atoms with Crippen molar-refractivity contribution >= 4 is 17.2 Å². The Morgan fingerprint density at radius 3 is 2.77 bits per heavy atom. The van der Waals surface area contributed by atoms with Gasteiger partial charge in [-0.1, -0.05) is 6.07 Å². The van der Waals surface area contributed by atoms with Crippen LogP contribution in [0.25, 0.3) is 0 Å². The summed E-state index contributed by atoms with van der Waals surface area (Å²) in [5.74, 6) is 0.0322. The fourth-order valence-electron chi connectivity index (χ4n) is 4.62. The van der Waals surface area contributed by atoms with Gasteiger partial charge < -0.3 is 9.64 Å². The molecule has 5 rings (SSSR count). The third-order valence-electron chi connectivity index (χ3n) is 6.03. The number of carbonyl (C=O) groups is 1. The second kappa shape index (κ2) is 8.26. The van der Waals surface area contributed by atoms with Crippen LogP contribution in [0, 0.1) is 0 Å². The van der Waals surface area contributed by atoms with Crippen LogP contribution < -0.4 is 0 Å². The minimum Gasteiger partial charge on any atom is -0.361 e. The molecule has 2 fully saturated rings. The van der Waals surface area contributed by atoms with Crippen LogP contribution in [-0.2, 0) is 22.6 Å². The number of aromatic nitrogens is 2. The van der Waals surface area contributed by atoms with E-state index in [4.69, 9.17) is 4.74 Å². The molecule has 0 aromatic carbocycles.